The van der Waals surface area contributed by atoms with Crippen LogP contribution in [0, 0.1) is 5.82 Å². The third kappa shape index (κ3) is 3.28. The maximum absolute atomic E-state index is 13.1. The van der Waals surface area contributed by atoms with Crippen LogP contribution in [0.2, 0.25) is 0 Å². The van der Waals surface area contributed by atoms with Gasteiger partial charge in [0.2, 0.25) is 5.91 Å². The molecule has 0 N–H and O–H groups in total. The van der Waals surface area contributed by atoms with Crippen LogP contribution in [0.25, 0.3) is 11.5 Å². The van der Waals surface area contributed by atoms with E-state index in [0.29, 0.717) is 41.0 Å². The normalized spacial score (nSPS) is 16.5. The zero-order valence-electron chi connectivity index (χ0n) is 15.4. The Bertz CT molecular complexity index is 1000. The van der Waals surface area contributed by atoms with Gasteiger partial charge < -0.3 is 18.9 Å². The van der Waals surface area contributed by atoms with E-state index in [1.165, 1.54) is 12.1 Å². The fraction of sp³-hybridized carbons (Fsp3) is 0.250. The van der Waals surface area contributed by atoms with E-state index >= 15 is 0 Å². The zero-order chi connectivity index (χ0) is 19.7. The van der Waals surface area contributed by atoms with Crippen LogP contribution in [-0.4, -0.2) is 36.8 Å². The Morgan fingerprint density at radius 3 is 2.57 bits per heavy atom. The number of halogens is 1. The predicted molar refractivity (Wildman–Crippen MR) is 98.9 cm³/mol. The van der Waals surface area contributed by atoms with Gasteiger partial charge in [-0.3, -0.25) is 4.79 Å². The topological polar surface area (TPSA) is 77.7 Å². The summed E-state index contributed by atoms with van der Waals surface area (Å²) in [5.74, 6) is 1.33. The van der Waals surface area contributed by atoms with Gasteiger partial charge in [-0.1, -0.05) is 5.16 Å². The number of amides is 1. The van der Waals surface area contributed by atoms with Crippen LogP contribution in [-0.2, 0) is 4.79 Å². The van der Waals surface area contributed by atoms with Gasteiger partial charge in [-0.05, 0) is 36.4 Å². The van der Waals surface area contributed by atoms with E-state index in [4.69, 9.17) is 14.0 Å². The molecule has 2 heterocycles. The maximum Gasteiger partial charge on any atom is 0.257 e. The summed E-state index contributed by atoms with van der Waals surface area (Å²) in [5, 5.41) is 4.02. The number of ether oxygens (including phenoxy) is 2. The van der Waals surface area contributed by atoms with Gasteiger partial charge in [0.05, 0.1) is 14.2 Å². The molecular formula is C20H18FN3O4. The lowest BCUT2D eigenvalue weighted by atomic mass is 10.1. The van der Waals surface area contributed by atoms with E-state index in [-0.39, 0.29) is 24.1 Å². The SMILES string of the molecule is COc1ccc(N2C[C@H](c3noc(-c4ccc(F)cc4)n3)CC2=O)cc1OC. The molecule has 3 aromatic rings. The van der Waals surface area contributed by atoms with Crippen LogP contribution in [0.15, 0.2) is 47.0 Å². The quantitative estimate of drug-likeness (QED) is 0.672. The summed E-state index contributed by atoms with van der Waals surface area (Å²) in [7, 11) is 3.11. The van der Waals surface area contributed by atoms with Gasteiger partial charge >= 0.3 is 0 Å². The van der Waals surface area contributed by atoms with E-state index in [1.54, 1.807) is 43.4 Å². The summed E-state index contributed by atoms with van der Waals surface area (Å²) in [4.78, 5) is 18.6. The molecule has 4 rings (SSSR count). The number of benzene rings is 2. The molecule has 1 aliphatic rings. The van der Waals surface area contributed by atoms with Crippen LogP contribution < -0.4 is 14.4 Å². The van der Waals surface area contributed by atoms with Crippen molar-refractivity contribution in [1.29, 1.82) is 0 Å². The molecular weight excluding hydrogens is 365 g/mol. The molecule has 0 aliphatic carbocycles. The summed E-state index contributed by atoms with van der Waals surface area (Å²) in [6, 6.07) is 11.1. The first-order chi connectivity index (χ1) is 13.6. The largest absolute Gasteiger partial charge is 0.493 e. The minimum atomic E-state index is -0.338. The molecule has 1 aliphatic heterocycles. The highest BCUT2D eigenvalue weighted by Crippen LogP contribution is 2.36. The molecule has 28 heavy (non-hydrogen) atoms. The smallest absolute Gasteiger partial charge is 0.257 e. The lowest BCUT2D eigenvalue weighted by Crippen LogP contribution is -2.24. The Morgan fingerprint density at radius 1 is 1.11 bits per heavy atom. The Balaban J connectivity index is 1.55. The lowest BCUT2D eigenvalue weighted by Gasteiger charge is -2.18. The Morgan fingerprint density at radius 2 is 1.86 bits per heavy atom. The summed E-state index contributed by atoms with van der Waals surface area (Å²) in [5.41, 5.74) is 1.34. The standard InChI is InChI=1S/C20H18FN3O4/c1-26-16-8-7-15(10-17(16)27-2)24-11-13(9-18(24)25)19-22-20(28-23-19)12-3-5-14(21)6-4-12/h3-8,10,13H,9,11H2,1-2H3/t13-/m1/s1. The van der Waals surface area contributed by atoms with Crippen molar-refractivity contribution in [3.05, 3.63) is 54.1 Å². The number of methoxy groups -OCH3 is 2. The second-order valence-corrected chi connectivity index (χ2v) is 6.41. The van der Waals surface area contributed by atoms with Crippen LogP contribution in [0.3, 0.4) is 0 Å². The van der Waals surface area contributed by atoms with Crippen LogP contribution in [0.4, 0.5) is 10.1 Å². The van der Waals surface area contributed by atoms with Crippen molar-refractivity contribution in [3.8, 4) is 23.0 Å². The minimum Gasteiger partial charge on any atom is -0.493 e. The van der Waals surface area contributed by atoms with Gasteiger partial charge in [-0.2, -0.15) is 4.98 Å². The van der Waals surface area contributed by atoms with Crippen molar-refractivity contribution in [2.24, 2.45) is 0 Å². The van der Waals surface area contributed by atoms with Crippen molar-refractivity contribution < 1.29 is 23.2 Å². The molecule has 1 atom stereocenters. The number of carbonyl (C=O) groups is 1. The van der Waals surface area contributed by atoms with Crippen LogP contribution in [0.5, 0.6) is 11.5 Å². The molecule has 1 aromatic heterocycles. The first-order valence-electron chi connectivity index (χ1n) is 8.71. The van der Waals surface area contributed by atoms with E-state index in [0.717, 1.165) is 0 Å². The van der Waals surface area contributed by atoms with E-state index < -0.39 is 0 Å². The van der Waals surface area contributed by atoms with Gasteiger partial charge in [0.25, 0.3) is 5.89 Å². The van der Waals surface area contributed by atoms with Crippen LogP contribution in [0.1, 0.15) is 18.2 Å². The number of hydrogen-bond acceptors (Lipinski definition) is 6. The average molecular weight is 383 g/mol. The van der Waals surface area contributed by atoms with Gasteiger partial charge in [-0.25, -0.2) is 4.39 Å². The van der Waals surface area contributed by atoms with Crippen molar-refractivity contribution >= 4 is 11.6 Å². The highest BCUT2D eigenvalue weighted by molar-refractivity contribution is 5.96. The molecule has 0 saturated carbocycles. The molecule has 8 heteroatoms. The van der Waals surface area contributed by atoms with Crippen molar-refractivity contribution in [3.63, 3.8) is 0 Å². The van der Waals surface area contributed by atoms with Gasteiger partial charge in [0.15, 0.2) is 17.3 Å². The summed E-state index contributed by atoms with van der Waals surface area (Å²) in [6.45, 7) is 0.427. The first-order valence-corrected chi connectivity index (χ1v) is 8.71. The fourth-order valence-corrected chi connectivity index (χ4v) is 3.23. The Labute approximate surface area is 160 Å². The number of rotatable bonds is 5. The van der Waals surface area contributed by atoms with Gasteiger partial charge in [0.1, 0.15) is 5.82 Å². The second-order valence-electron chi connectivity index (χ2n) is 6.41. The molecule has 7 nitrogen and oxygen atoms in total. The molecule has 0 unspecified atom stereocenters. The summed E-state index contributed by atoms with van der Waals surface area (Å²) < 4.78 is 28.9. The zero-order valence-corrected chi connectivity index (χ0v) is 15.4. The fourth-order valence-electron chi connectivity index (χ4n) is 3.23. The highest BCUT2D eigenvalue weighted by Gasteiger charge is 2.35. The minimum absolute atomic E-state index is 0.0367. The predicted octanol–water partition coefficient (Wildman–Crippen LogP) is 3.41. The van der Waals surface area contributed by atoms with Gasteiger partial charge in [0, 0.05) is 36.2 Å². The number of nitrogens with zero attached hydrogens (tertiary/aromatic N) is 3. The Kier molecular flexibility index (Phi) is 4.68. The number of hydrogen-bond donors (Lipinski definition) is 0. The maximum atomic E-state index is 13.1. The third-order valence-electron chi connectivity index (χ3n) is 4.70. The van der Waals surface area contributed by atoms with E-state index in [2.05, 4.69) is 10.1 Å². The molecule has 1 amide bonds. The average Bonchev–Trinajstić information content (AvgIpc) is 3.35. The monoisotopic (exact) mass is 383 g/mol. The van der Waals surface area contributed by atoms with Crippen LogP contribution >= 0.6 is 0 Å². The van der Waals surface area contributed by atoms with E-state index in [9.17, 15) is 9.18 Å². The summed E-state index contributed by atoms with van der Waals surface area (Å²) >= 11 is 0. The van der Waals surface area contributed by atoms with Crippen molar-refractivity contribution in [2.45, 2.75) is 12.3 Å². The van der Waals surface area contributed by atoms with Crippen molar-refractivity contribution in [1.82, 2.24) is 10.1 Å². The number of aromatic nitrogens is 2. The molecule has 2 aromatic carbocycles. The number of carbonyl (C=O) groups excluding carboxylic acids is 1. The number of anilines is 1. The Hall–Kier alpha value is -3.42. The molecule has 1 fully saturated rings. The molecule has 144 valence electrons. The molecule has 0 spiro atoms. The van der Waals surface area contributed by atoms with Gasteiger partial charge in [-0.15, -0.1) is 0 Å². The highest BCUT2D eigenvalue weighted by atomic mass is 19.1. The summed E-state index contributed by atoms with van der Waals surface area (Å²) in [6.07, 6.45) is 0.275. The van der Waals surface area contributed by atoms with E-state index in [1.807, 2.05) is 6.07 Å². The van der Waals surface area contributed by atoms with Crippen molar-refractivity contribution in [2.75, 3.05) is 25.7 Å². The lowest BCUT2D eigenvalue weighted by molar-refractivity contribution is -0.117. The molecule has 0 bridgehead atoms. The molecule has 1 saturated heterocycles. The third-order valence-corrected chi connectivity index (χ3v) is 4.70. The molecule has 0 radical (unpaired) electrons. The second kappa shape index (κ2) is 7.30. The first kappa shape index (κ1) is 18.0.